The normalized spacial score (nSPS) is 15.1. The summed E-state index contributed by atoms with van der Waals surface area (Å²) in [5.41, 5.74) is 4.66. The zero-order valence-electron chi connectivity index (χ0n) is 15.8. The quantitative estimate of drug-likeness (QED) is 0.592. The average molecular weight is 420 g/mol. The summed E-state index contributed by atoms with van der Waals surface area (Å²) in [7, 11) is 0. The van der Waals surface area contributed by atoms with E-state index < -0.39 is 23.5 Å². The van der Waals surface area contributed by atoms with Crippen molar-refractivity contribution in [3.63, 3.8) is 0 Å². The second-order valence-corrected chi connectivity index (χ2v) is 7.17. The number of nitrogens with one attached hydrogen (secondary N) is 1. The molecular formula is C20H19F3N4O3. The zero-order valence-corrected chi connectivity index (χ0v) is 15.8. The standard InChI is InChI=1S/C20H19F3N4O3/c21-20(22,23)15-8-6-11-12(5-7-13(28)16(11)26-15)19-27-17(14(9-24)30-19)18(29)25-10-3-1-2-4-10/h5-8,10,28H,1-4,9,24H2,(H,25,29). The lowest BCUT2D eigenvalue weighted by Gasteiger charge is -2.10. The first-order chi connectivity index (χ1) is 14.3. The van der Waals surface area contributed by atoms with E-state index in [0.29, 0.717) is 5.56 Å². The van der Waals surface area contributed by atoms with Crippen LogP contribution in [0.2, 0.25) is 0 Å². The molecule has 1 saturated carbocycles. The Bertz CT molecular complexity index is 1100. The van der Waals surface area contributed by atoms with Crippen LogP contribution in [0.5, 0.6) is 5.75 Å². The fourth-order valence-corrected chi connectivity index (χ4v) is 3.65. The Balaban J connectivity index is 1.76. The third-order valence-corrected chi connectivity index (χ3v) is 5.14. The van der Waals surface area contributed by atoms with Crippen molar-refractivity contribution in [1.29, 1.82) is 0 Å². The van der Waals surface area contributed by atoms with E-state index in [4.69, 9.17) is 10.2 Å². The van der Waals surface area contributed by atoms with Gasteiger partial charge < -0.3 is 20.6 Å². The first kappa shape index (κ1) is 20.1. The van der Waals surface area contributed by atoms with Crippen LogP contribution in [0.3, 0.4) is 0 Å². The lowest BCUT2D eigenvalue weighted by molar-refractivity contribution is -0.140. The van der Waals surface area contributed by atoms with Gasteiger partial charge in [-0.25, -0.2) is 9.97 Å². The molecule has 1 aromatic carbocycles. The number of carbonyl (C=O) groups is 1. The SMILES string of the molecule is NCc1oc(-c2ccc(O)c3nc(C(F)(F)F)ccc23)nc1C(=O)NC1CCCC1. The molecule has 0 spiro atoms. The summed E-state index contributed by atoms with van der Waals surface area (Å²) in [5.74, 6) is -0.636. The van der Waals surface area contributed by atoms with Crippen LogP contribution in [0.4, 0.5) is 13.2 Å². The van der Waals surface area contributed by atoms with Crippen LogP contribution in [0.25, 0.3) is 22.4 Å². The van der Waals surface area contributed by atoms with Crippen molar-refractivity contribution in [3.05, 3.63) is 41.4 Å². The molecule has 1 aliphatic carbocycles. The lowest BCUT2D eigenvalue weighted by atomic mass is 10.1. The number of carbonyl (C=O) groups excluding carboxylic acids is 1. The van der Waals surface area contributed by atoms with Gasteiger partial charge >= 0.3 is 6.18 Å². The average Bonchev–Trinajstić information content (AvgIpc) is 3.37. The molecule has 10 heteroatoms. The number of phenolic OH excluding ortho intramolecular Hbond substituents is 1. The molecule has 1 fully saturated rings. The Hall–Kier alpha value is -3.14. The number of fused-ring (bicyclic) bond motifs is 1. The molecule has 4 rings (SSSR count). The van der Waals surface area contributed by atoms with Crippen LogP contribution in [-0.4, -0.2) is 27.0 Å². The first-order valence-corrected chi connectivity index (χ1v) is 9.49. The van der Waals surface area contributed by atoms with Crippen LogP contribution in [0.15, 0.2) is 28.7 Å². The number of amides is 1. The second-order valence-electron chi connectivity index (χ2n) is 7.17. The van der Waals surface area contributed by atoms with E-state index in [1.54, 1.807) is 0 Å². The number of nitrogens with two attached hydrogens (primary N) is 1. The molecule has 0 atom stereocenters. The number of pyridine rings is 1. The highest BCUT2D eigenvalue weighted by molar-refractivity contribution is 5.98. The highest BCUT2D eigenvalue weighted by Crippen LogP contribution is 2.36. The summed E-state index contributed by atoms with van der Waals surface area (Å²) in [6.07, 6.45) is -0.775. The fourth-order valence-electron chi connectivity index (χ4n) is 3.65. The lowest BCUT2D eigenvalue weighted by Crippen LogP contribution is -2.33. The molecule has 1 aliphatic rings. The van der Waals surface area contributed by atoms with E-state index in [-0.39, 0.29) is 40.8 Å². The Labute approximate surface area is 169 Å². The molecule has 1 amide bonds. The molecule has 0 unspecified atom stereocenters. The Kier molecular flexibility index (Phi) is 5.10. The molecule has 2 aromatic heterocycles. The third-order valence-electron chi connectivity index (χ3n) is 5.14. The largest absolute Gasteiger partial charge is 0.506 e. The third kappa shape index (κ3) is 3.70. The maximum atomic E-state index is 13.0. The molecular weight excluding hydrogens is 401 g/mol. The van der Waals surface area contributed by atoms with E-state index in [9.17, 15) is 23.1 Å². The van der Waals surface area contributed by atoms with Gasteiger partial charge in [0.25, 0.3) is 5.91 Å². The minimum atomic E-state index is -4.65. The Morgan fingerprint density at radius 3 is 2.60 bits per heavy atom. The molecule has 0 bridgehead atoms. The predicted molar refractivity (Wildman–Crippen MR) is 102 cm³/mol. The number of alkyl halides is 3. The van der Waals surface area contributed by atoms with Gasteiger partial charge in [-0.05, 0) is 37.1 Å². The van der Waals surface area contributed by atoms with Gasteiger partial charge in [0.05, 0.1) is 6.54 Å². The zero-order chi connectivity index (χ0) is 21.5. The van der Waals surface area contributed by atoms with Crippen LogP contribution in [0, 0.1) is 0 Å². The van der Waals surface area contributed by atoms with Crippen molar-refractivity contribution in [3.8, 4) is 17.2 Å². The molecule has 2 heterocycles. The molecule has 4 N–H and O–H groups in total. The van der Waals surface area contributed by atoms with Crippen LogP contribution in [0.1, 0.15) is 47.6 Å². The molecule has 158 valence electrons. The molecule has 0 radical (unpaired) electrons. The number of benzene rings is 1. The summed E-state index contributed by atoms with van der Waals surface area (Å²) in [6, 6.07) is 4.71. The van der Waals surface area contributed by atoms with Gasteiger partial charge in [0.15, 0.2) is 11.5 Å². The predicted octanol–water partition coefficient (Wildman–Crippen LogP) is 3.75. The van der Waals surface area contributed by atoms with E-state index in [2.05, 4.69) is 15.3 Å². The van der Waals surface area contributed by atoms with Gasteiger partial charge in [0, 0.05) is 17.0 Å². The maximum Gasteiger partial charge on any atom is 0.433 e. The number of nitrogens with zero attached hydrogens (tertiary/aromatic N) is 2. The van der Waals surface area contributed by atoms with E-state index in [1.165, 1.54) is 18.2 Å². The van der Waals surface area contributed by atoms with Crippen LogP contribution in [-0.2, 0) is 12.7 Å². The Morgan fingerprint density at radius 1 is 1.20 bits per heavy atom. The smallest absolute Gasteiger partial charge is 0.433 e. The number of aromatic hydroxyl groups is 1. The Morgan fingerprint density at radius 2 is 1.93 bits per heavy atom. The van der Waals surface area contributed by atoms with Gasteiger partial charge in [-0.2, -0.15) is 13.2 Å². The van der Waals surface area contributed by atoms with Crippen LogP contribution < -0.4 is 11.1 Å². The number of oxazole rings is 1. The summed E-state index contributed by atoms with van der Waals surface area (Å²) in [6.45, 7) is -0.0765. The summed E-state index contributed by atoms with van der Waals surface area (Å²) >= 11 is 0. The summed E-state index contributed by atoms with van der Waals surface area (Å²) in [5, 5.41) is 13.1. The van der Waals surface area contributed by atoms with Gasteiger partial charge in [0.2, 0.25) is 5.89 Å². The second kappa shape index (κ2) is 7.60. The fraction of sp³-hybridized carbons (Fsp3) is 0.350. The van der Waals surface area contributed by atoms with E-state index >= 15 is 0 Å². The maximum absolute atomic E-state index is 13.0. The topological polar surface area (TPSA) is 114 Å². The minimum absolute atomic E-state index is 0.0126. The monoisotopic (exact) mass is 420 g/mol. The number of halogens is 3. The van der Waals surface area contributed by atoms with Gasteiger partial charge in [-0.15, -0.1) is 0 Å². The van der Waals surface area contributed by atoms with Crippen molar-refractivity contribution in [2.75, 3.05) is 0 Å². The number of aromatic nitrogens is 2. The highest BCUT2D eigenvalue weighted by atomic mass is 19.4. The minimum Gasteiger partial charge on any atom is -0.506 e. The number of hydrogen-bond acceptors (Lipinski definition) is 6. The number of hydrogen-bond donors (Lipinski definition) is 3. The summed E-state index contributed by atoms with van der Waals surface area (Å²) in [4.78, 5) is 20.4. The van der Waals surface area contributed by atoms with Crippen molar-refractivity contribution in [2.45, 2.75) is 44.4 Å². The summed E-state index contributed by atoms with van der Waals surface area (Å²) < 4.78 is 44.6. The van der Waals surface area contributed by atoms with Gasteiger partial charge in [-0.3, -0.25) is 4.79 Å². The van der Waals surface area contributed by atoms with Crippen molar-refractivity contribution >= 4 is 16.8 Å². The first-order valence-electron chi connectivity index (χ1n) is 9.49. The van der Waals surface area contributed by atoms with Gasteiger partial charge in [-0.1, -0.05) is 12.8 Å². The molecule has 7 nitrogen and oxygen atoms in total. The van der Waals surface area contributed by atoms with Crippen LogP contribution >= 0.6 is 0 Å². The molecule has 3 aromatic rings. The van der Waals surface area contributed by atoms with Crippen molar-refractivity contribution in [2.24, 2.45) is 5.73 Å². The van der Waals surface area contributed by atoms with Gasteiger partial charge in [0.1, 0.15) is 17.0 Å². The van der Waals surface area contributed by atoms with Crippen molar-refractivity contribution < 1.29 is 27.5 Å². The highest BCUT2D eigenvalue weighted by Gasteiger charge is 2.33. The number of rotatable bonds is 4. The van der Waals surface area contributed by atoms with E-state index in [1.807, 2.05) is 0 Å². The number of phenols is 1. The van der Waals surface area contributed by atoms with E-state index in [0.717, 1.165) is 31.7 Å². The molecule has 0 saturated heterocycles. The van der Waals surface area contributed by atoms with Crippen molar-refractivity contribution in [1.82, 2.24) is 15.3 Å². The molecule has 30 heavy (non-hydrogen) atoms. The molecule has 0 aliphatic heterocycles.